The van der Waals surface area contributed by atoms with Gasteiger partial charge in [0.05, 0.1) is 4.90 Å². The Bertz CT molecular complexity index is 799. The molecule has 0 heterocycles. The molecule has 2 aromatic rings. The summed E-state index contributed by atoms with van der Waals surface area (Å²) in [5.74, 6) is 0.0197. The fraction of sp³-hybridized carbons (Fsp3) is 0.278. The maximum atomic E-state index is 12.3. The first-order valence-corrected chi connectivity index (χ1v) is 8.82. The summed E-state index contributed by atoms with van der Waals surface area (Å²) in [4.78, 5) is 11.5. The van der Waals surface area contributed by atoms with Gasteiger partial charge in [0.15, 0.2) is 5.78 Å². The predicted molar refractivity (Wildman–Crippen MR) is 92.0 cm³/mol. The summed E-state index contributed by atoms with van der Waals surface area (Å²) in [5, 5.41) is 0. The lowest BCUT2D eigenvalue weighted by Crippen LogP contribution is -2.40. The fourth-order valence-electron chi connectivity index (χ4n) is 2.19. The number of hydrogen-bond acceptors (Lipinski definition) is 3. The number of nitrogens with one attached hydrogen (secondary N) is 1. The van der Waals surface area contributed by atoms with Crippen molar-refractivity contribution in [3.05, 3.63) is 54.1 Å². The Morgan fingerprint density at radius 3 is 1.70 bits per heavy atom. The zero-order valence-corrected chi connectivity index (χ0v) is 14.6. The van der Waals surface area contributed by atoms with Crippen LogP contribution in [-0.4, -0.2) is 19.7 Å². The number of sulfonamides is 1. The van der Waals surface area contributed by atoms with E-state index in [0.717, 1.165) is 11.1 Å². The van der Waals surface area contributed by atoms with Crippen LogP contribution in [0.25, 0.3) is 11.1 Å². The molecule has 0 saturated heterocycles. The first-order chi connectivity index (χ1) is 10.6. The van der Waals surface area contributed by atoms with Gasteiger partial charge in [-0.3, -0.25) is 4.79 Å². The molecule has 0 amide bonds. The summed E-state index contributed by atoms with van der Waals surface area (Å²) in [6.07, 6.45) is 0. The van der Waals surface area contributed by atoms with E-state index in [1.54, 1.807) is 57.2 Å². The first kappa shape index (κ1) is 17.4. The van der Waals surface area contributed by atoms with E-state index in [2.05, 4.69) is 4.72 Å². The molecule has 2 aromatic carbocycles. The molecule has 0 aliphatic heterocycles. The fourth-order valence-corrected chi connectivity index (χ4v) is 3.60. The summed E-state index contributed by atoms with van der Waals surface area (Å²) in [6, 6.07) is 13.9. The number of rotatable bonds is 4. The highest BCUT2D eigenvalue weighted by Gasteiger charge is 2.21. The van der Waals surface area contributed by atoms with Gasteiger partial charge in [-0.15, -0.1) is 0 Å². The largest absolute Gasteiger partial charge is 0.295 e. The lowest BCUT2D eigenvalue weighted by atomic mass is 10.0. The van der Waals surface area contributed by atoms with Crippen molar-refractivity contribution < 1.29 is 13.2 Å². The molecule has 0 radical (unpaired) electrons. The van der Waals surface area contributed by atoms with Crippen LogP contribution in [0.2, 0.25) is 0 Å². The Morgan fingerprint density at radius 2 is 1.30 bits per heavy atom. The second-order valence-electron chi connectivity index (χ2n) is 6.51. The van der Waals surface area contributed by atoms with E-state index in [1.807, 2.05) is 12.1 Å². The van der Waals surface area contributed by atoms with Gasteiger partial charge in [0, 0.05) is 11.1 Å². The van der Waals surface area contributed by atoms with Crippen molar-refractivity contribution >= 4 is 15.8 Å². The van der Waals surface area contributed by atoms with Gasteiger partial charge in [0.25, 0.3) is 0 Å². The molecular weight excluding hydrogens is 310 g/mol. The van der Waals surface area contributed by atoms with Crippen molar-refractivity contribution in [2.45, 2.75) is 38.1 Å². The topological polar surface area (TPSA) is 63.2 Å². The van der Waals surface area contributed by atoms with Gasteiger partial charge in [-0.1, -0.05) is 36.4 Å². The molecule has 0 fully saturated rings. The number of benzene rings is 2. The molecule has 4 nitrogen and oxygen atoms in total. The number of carbonyl (C=O) groups is 1. The summed E-state index contributed by atoms with van der Waals surface area (Å²) >= 11 is 0. The molecule has 0 aliphatic carbocycles. The number of ketones is 1. The summed E-state index contributed by atoms with van der Waals surface area (Å²) < 4.78 is 27.2. The molecule has 0 bridgehead atoms. The highest BCUT2D eigenvalue weighted by Crippen LogP contribution is 2.22. The maximum Gasteiger partial charge on any atom is 0.241 e. The van der Waals surface area contributed by atoms with Crippen molar-refractivity contribution in [1.82, 2.24) is 4.72 Å². The van der Waals surface area contributed by atoms with Crippen molar-refractivity contribution in [1.29, 1.82) is 0 Å². The number of Topliss-reactive ketones (excluding diaryl/α,β-unsaturated/α-hetero) is 1. The van der Waals surface area contributed by atoms with Gasteiger partial charge in [-0.2, -0.15) is 0 Å². The normalized spacial score (nSPS) is 12.2. The van der Waals surface area contributed by atoms with Crippen molar-refractivity contribution in [2.75, 3.05) is 0 Å². The van der Waals surface area contributed by atoms with Crippen LogP contribution < -0.4 is 4.72 Å². The monoisotopic (exact) mass is 331 g/mol. The van der Waals surface area contributed by atoms with Gasteiger partial charge in [0.2, 0.25) is 10.0 Å². The van der Waals surface area contributed by atoms with E-state index >= 15 is 0 Å². The molecule has 122 valence electrons. The van der Waals surface area contributed by atoms with Gasteiger partial charge >= 0.3 is 0 Å². The molecule has 2 rings (SSSR count). The lowest BCUT2D eigenvalue weighted by Gasteiger charge is -2.20. The first-order valence-electron chi connectivity index (χ1n) is 7.34. The van der Waals surface area contributed by atoms with E-state index in [-0.39, 0.29) is 10.7 Å². The van der Waals surface area contributed by atoms with Crippen LogP contribution in [0.5, 0.6) is 0 Å². The van der Waals surface area contributed by atoms with Crippen LogP contribution in [0, 0.1) is 0 Å². The Hall–Kier alpha value is -1.98. The molecule has 0 unspecified atom stereocenters. The maximum absolute atomic E-state index is 12.3. The summed E-state index contributed by atoms with van der Waals surface area (Å²) in [5.41, 5.74) is 1.96. The average Bonchev–Trinajstić information content (AvgIpc) is 2.45. The van der Waals surface area contributed by atoms with Crippen molar-refractivity contribution in [3.63, 3.8) is 0 Å². The molecule has 0 aliphatic rings. The minimum Gasteiger partial charge on any atom is -0.295 e. The van der Waals surface area contributed by atoms with E-state index in [4.69, 9.17) is 0 Å². The SMILES string of the molecule is CC(=O)c1ccc(-c2ccc(S(=O)(=O)NC(C)(C)C)cc2)cc1. The third-order valence-corrected chi connectivity index (χ3v) is 5.00. The Labute approximate surface area is 137 Å². The predicted octanol–water partition coefficient (Wildman–Crippen LogP) is 3.63. The number of hydrogen-bond donors (Lipinski definition) is 1. The van der Waals surface area contributed by atoms with Crippen LogP contribution in [0.3, 0.4) is 0 Å². The van der Waals surface area contributed by atoms with E-state index < -0.39 is 15.6 Å². The molecule has 23 heavy (non-hydrogen) atoms. The zero-order chi connectivity index (χ0) is 17.3. The van der Waals surface area contributed by atoms with Gasteiger partial charge < -0.3 is 0 Å². The van der Waals surface area contributed by atoms with E-state index in [9.17, 15) is 13.2 Å². The van der Waals surface area contributed by atoms with Crippen LogP contribution in [-0.2, 0) is 10.0 Å². The molecule has 0 spiro atoms. The molecular formula is C18H21NO3S. The van der Waals surface area contributed by atoms with Crippen LogP contribution in [0.15, 0.2) is 53.4 Å². The van der Waals surface area contributed by atoms with Gasteiger partial charge in [0.1, 0.15) is 0 Å². The quantitative estimate of drug-likeness (QED) is 0.870. The van der Waals surface area contributed by atoms with E-state index in [0.29, 0.717) is 5.56 Å². The smallest absolute Gasteiger partial charge is 0.241 e. The zero-order valence-electron chi connectivity index (χ0n) is 13.8. The second-order valence-corrected chi connectivity index (χ2v) is 8.20. The van der Waals surface area contributed by atoms with Crippen LogP contribution in [0.1, 0.15) is 38.1 Å². The standard InChI is InChI=1S/C18H21NO3S/c1-13(20)14-5-7-15(8-6-14)16-9-11-17(12-10-16)23(21,22)19-18(2,3)4/h5-12,19H,1-4H3. The molecule has 0 aromatic heterocycles. The minimum atomic E-state index is -3.53. The highest BCUT2D eigenvalue weighted by molar-refractivity contribution is 7.89. The van der Waals surface area contributed by atoms with Crippen molar-refractivity contribution in [3.8, 4) is 11.1 Å². The third-order valence-electron chi connectivity index (χ3n) is 3.23. The van der Waals surface area contributed by atoms with Gasteiger partial charge in [-0.05, 0) is 51.0 Å². The third kappa shape index (κ3) is 4.50. The molecule has 0 atom stereocenters. The summed E-state index contributed by atoms with van der Waals surface area (Å²) in [6.45, 7) is 6.93. The Morgan fingerprint density at radius 1 is 0.870 bits per heavy atom. The average molecular weight is 331 g/mol. The van der Waals surface area contributed by atoms with Crippen LogP contribution in [0.4, 0.5) is 0 Å². The van der Waals surface area contributed by atoms with E-state index in [1.165, 1.54) is 6.92 Å². The molecule has 5 heteroatoms. The second kappa shape index (κ2) is 6.26. The van der Waals surface area contributed by atoms with Crippen LogP contribution >= 0.6 is 0 Å². The molecule has 0 saturated carbocycles. The van der Waals surface area contributed by atoms with Gasteiger partial charge in [-0.25, -0.2) is 13.1 Å². The Balaban J connectivity index is 2.27. The Kier molecular flexibility index (Phi) is 4.73. The minimum absolute atomic E-state index is 0.0197. The highest BCUT2D eigenvalue weighted by atomic mass is 32.2. The lowest BCUT2D eigenvalue weighted by molar-refractivity contribution is 0.101. The van der Waals surface area contributed by atoms with Crippen molar-refractivity contribution in [2.24, 2.45) is 0 Å². The molecule has 1 N–H and O–H groups in total. The number of carbonyl (C=O) groups excluding carboxylic acids is 1. The summed E-state index contributed by atoms with van der Waals surface area (Å²) in [7, 11) is -3.53.